The second-order valence-electron chi connectivity index (χ2n) is 8.42. The number of anilines is 1. The van der Waals surface area contributed by atoms with Crippen LogP contribution in [0, 0.1) is 5.82 Å². The van der Waals surface area contributed by atoms with Gasteiger partial charge in [-0.15, -0.1) is 0 Å². The van der Waals surface area contributed by atoms with Crippen molar-refractivity contribution < 1.29 is 13.6 Å². The first-order valence-corrected chi connectivity index (χ1v) is 12.6. The quantitative estimate of drug-likeness (QED) is 0.245. The maximum Gasteiger partial charge on any atom is 0.226 e. The molecule has 0 bridgehead atoms. The van der Waals surface area contributed by atoms with Gasteiger partial charge >= 0.3 is 0 Å². The number of nitrogens with zero attached hydrogens (tertiary/aromatic N) is 2. The van der Waals surface area contributed by atoms with Crippen LogP contribution in [0.2, 0.25) is 10.0 Å². The van der Waals surface area contributed by atoms with Crippen LogP contribution in [0.5, 0.6) is 0 Å². The summed E-state index contributed by atoms with van der Waals surface area (Å²) in [4.78, 5) is 19.0. The fourth-order valence-corrected chi connectivity index (χ4v) is 5.13. The van der Waals surface area contributed by atoms with Crippen molar-refractivity contribution in [1.82, 2.24) is 15.2 Å². The van der Waals surface area contributed by atoms with Crippen LogP contribution in [-0.2, 0) is 4.79 Å². The van der Waals surface area contributed by atoms with Crippen LogP contribution in [0.15, 0.2) is 83.4 Å². The summed E-state index contributed by atoms with van der Waals surface area (Å²) >= 11 is 18.1. The van der Waals surface area contributed by atoms with Crippen molar-refractivity contribution in [1.29, 1.82) is 0 Å². The molecule has 1 saturated heterocycles. The fraction of sp³-hybridized carbons (Fsp3) is 0.148. The van der Waals surface area contributed by atoms with E-state index in [2.05, 4.69) is 15.6 Å². The maximum absolute atomic E-state index is 14.0. The number of carbonyl (C=O) groups excluding carboxylic acids is 1. The van der Waals surface area contributed by atoms with Crippen LogP contribution < -0.4 is 10.6 Å². The van der Waals surface area contributed by atoms with Gasteiger partial charge < -0.3 is 20.0 Å². The third-order valence-corrected chi connectivity index (χ3v) is 6.94. The van der Waals surface area contributed by atoms with E-state index in [1.54, 1.807) is 36.5 Å². The van der Waals surface area contributed by atoms with E-state index in [0.717, 1.165) is 5.69 Å². The molecule has 188 valence electrons. The van der Waals surface area contributed by atoms with E-state index in [-0.39, 0.29) is 36.6 Å². The highest BCUT2D eigenvalue weighted by Gasteiger charge is 2.41. The van der Waals surface area contributed by atoms with Crippen LogP contribution >= 0.6 is 35.4 Å². The Bertz CT molecular complexity index is 1450. The van der Waals surface area contributed by atoms with Gasteiger partial charge in [-0.05, 0) is 66.8 Å². The lowest BCUT2D eigenvalue weighted by Crippen LogP contribution is -2.32. The molecular weight excluding hydrogens is 534 g/mol. The van der Waals surface area contributed by atoms with E-state index in [4.69, 9.17) is 39.8 Å². The molecule has 5 rings (SSSR count). The molecule has 0 spiro atoms. The molecule has 2 aromatic carbocycles. The average Bonchev–Trinajstić information content (AvgIpc) is 3.49. The molecule has 2 unspecified atom stereocenters. The second-order valence-corrected chi connectivity index (χ2v) is 9.65. The van der Waals surface area contributed by atoms with Crippen molar-refractivity contribution >= 4 is 52.1 Å². The van der Waals surface area contributed by atoms with Crippen LogP contribution in [0.4, 0.5) is 10.1 Å². The summed E-state index contributed by atoms with van der Waals surface area (Å²) in [6, 6.07) is 19.9. The Balaban J connectivity index is 1.42. The molecule has 2 aromatic heterocycles. The number of hydrogen-bond donors (Lipinski definition) is 2. The van der Waals surface area contributed by atoms with Crippen LogP contribution in [0.3, 0.4) is 0 Å². The van der Waals surface area contributed by atoms with Gasteiger partial charge in [-0.3, -0.25) is 9.78 Å². The van der Waals surface area contributed by atoms with Gasteiger partial charge in [0.15, 0.2) is 5.11 Å². The molecule has 1 fully saturated rings. The molecule has 6 nitrogen and oxygen atoms in total. The standard InChI is InChI=1S/C27H21Cl2FN4O2S/c28-16-8-9-17(18(29)15-16)22-10-11-23(36-22)26-25(21-7-3-4-13-31-21)33-27(37)34(26)14-12-24(35)32-20-6-2-1-5-19(20)30/h1-11,13,15,25-26H,12,14H2,(H,32,35)(H,33,37). The average molecular weight is 555 g/mol. The number of amides is 1. The Morgan fingerprint density at radius 2 is 1.92 bits per heavy atom. The number of furan rings is 1. The van der Waals surface area contributed by atoms with E-state index in [9.17, 15) is 9.18 Å². The number of thiocarbonyl (C=S) groups is 1. The second kappa shape index (κ2) is 10.9. The van der Waals surface area contributed by atoms with Gasteiger partial charge in [-0.1, -0.05) is 41.4 Å². The monoisotopic (exact) mass is 554 g/mol. The predicted octanol–water partition coefficient (Wildman–Crippen LogP) is 6.79. The number of carbonyl (C=O) groups is 1. The Morgan fingerprint density at radius 1 is 1.11 bits per heavy atom. The molecular formula is C27H21Cl2FN4O2S. The van der Waals surface area contributed by atoms with Gasteiger partial charge in [0, 0.05) is 29.7 Å². The molecule has 2 atom stereocenters. The molecule has 0 saturated carbocycles. The van der Waals surface area contributed by atoms with E-state index < -0.39 is 5.82 Å². The first-order valence-electron chi connectivity index (χ1n) is 11.5. The predicted molar refractivity (Wildman–Crippen MR) is 146 cm³/mol. The van der Waals surface area contributed by atoms with E-state index >= 15 is 0 Å². The highest BCUT2D eigenvalue weighted by Crippen LogP contribution is 2.41. The van der Waals surface area contributed by atoms with E-state index in [1.165, 1.54) is 12.1 Å². The minimum Gasteiger partial charge on any atom is -0.459 e. The molecule has 37 heavy (non-hydrogen) atoms. The topological polar surface area (TPSA) is 70.4 Å². The van der Waals surface area contributed by atoms with Crippen molar-refractivity contribution in [2.75, 3.05) is 11.9 Å². The zero-order valence-electron chi connectivity index (χ0n) is 19.3. The highest BCUT2D eigenvalue weighted by atomic mass is 35.5. The number of pyridine rings is 1. The minimum absolute atomic E-state index is 0.0815. The minimum atomic E-state index is -0.494. The summed E-state index contributed by atoms with van der Waals surface area (Å²) < 4.78 is 20.3. The summed E-state index contributed by atoms with van der Waals surface area (Å²) in [6.45, 7) is 0.276. The maximum atomic E-state index is 14.0. The Kier molecular flexibility index (Phi) is 7.41. The van der Waals surface area contributed by atoms with Crippen molar-refractivity contribution in [3.63, 3.8) is 0 Å². The summed E-state index contributed by atoms with van der Waals surface area (Å²) in [5, 5.41) is 7.39. The highest BCUT2D eigenvalue weighted by molar-refractivity contribution is 7.80. The lowest BCUT2D eigenvalue weighted by Gasteiger charge is -2.25. The third kappa shape index (κ3) is 5.46. The molecule has 4 aromatic rings. The molecule has 1 aliphatic heterocycles. The summed E-state index contributed by atoms with van der Waals surface area (Å²) in [6.07, 6.45) is 1.79. The SMILES string of the molecule is O=C(CCN1C(=S)NC(c2ccccn2)C1c1ccc(-c2ccc(Cl)cc2Cl)o1)Nc1ccccc1F. The molecule has 0 radical (unpaired) electrons. The molecule has 10 heteroatoms. The number of hydrogen-bond acceptors (Lipinski definition) is 4. The molecule has 3 heterocycles. The zero-order valence-corrected chi connectivity index (χ0v) is 21.7. The number of benzene rings is 2. The van der Waals surface area contributed by atoms with Gasteiger partial charge in [0.1, 0.15) is 23.4 Å². The lowest BCUT2D eigenvalue weighted by atomic mass is 10.0. The third-order valence-electron chi connectivity index (χ3n) is 6.04. The molecule has 2 N–H and O–H groups in total. The largest absolute Gasteiger partial charge is 0.459 e. The van der Waals surface area contributed by atoms with E-state index in [1.807, 2.05) is 35.2 Å². The van der Waals surface area contributed by atoms with Gasteiger partial charge in [-0.25, -0.2) is 4.39 Å². The number of aromatic nitrogens is 1. The van der Waals surface area contributed by atoms with Crippen LogP contribution in [-0.4, -0.2) is 27.4 Å². The number of nitrogens with one attached hydrogen (secondary N) is 2. The molecule has 0 aliphatic carbocycles. The Labute approximate surface area is 228 Å². The van der Waals surface area contributed by atoms with Gasteiger partial charge in [0.05, 0.1) is 22.4 Å². The Hall–Kier alpha value is -3.46. The van der Waals surface area contributed by atoms with Crippen molar-refractivity contribution in [3.05, 3.63) is 106 Å². The lowest BCUT2D eigenvalue weighted by molar-refractivity contribution is -0.116. The Morgan fingerprint density at radius 3 is 2.68 bits per heavy atom. The number of rotatable bonds is 7. The normalized spacial score (nSPS) is 17.1. The van der Waals surface area contributed by atoms with Gasteiger partial charge in [0.25, 0.3) is 0 Å². The summed E-state index contributed by atoms with van der Waals surface area (Å²) in [7, 11) is 0. The summed E-state index contributed by atoms with van der Waals surface area (Å²) in [5.74, 6) is 0.373. The van der Waals surface area contributed by atoms with Crippen LogP contribution in [0.25, 0.3) is 11.3 Å². The van der Waals surface area contributed by atoms with E-state index in [0.29, 0.717) is 32.2 Å². The smallest absolute Gasteiger partial charge is 0.226 e. The zero-order chi connectivity index (χ0) is 25.9. The number of halogens is 3. The molecule has 1 amide bonds. The van der Waals surface area contributed by atoms with Crippen molar-refractivity contribution in [2.45, 2.75) is 18.5 Å². The van der Waals surface area contributed by atoms with Gasteiger partial charge in [-0.2, -0.15) is 0 Å². The van der Waals surface area contributed by atoms with Crippen molar-refractivity contribution in [2.24, 2.45) is 0 Å². The fourth-order valence-electron chi connectivity index (χ4n) is 4.30. The summed E-state index contributed by atoms with van der Waals surface area (Å²) in [5.41, 5.74) is 1.61. The van der Waals surface area contributed by atoms with Crippen LogP contribution in [0.1, 0.15) is 30.0 Å². The van der Waals surface area contributed by atoms with Crippen molar-refractivity contribution in [3.8, 4) is 11.3 Å². The first-order chi connectivity index (χ1) is 17.9. The number of para-hydroxylation sites is 1. The van der Waals surface area contributed by atoms with Gasteiger partial charge in [0.2, 0.25) is 5.91 Å². The molecule has 1 aliphatic rings. The first kappa shape index (κ1) is 25.2.